The molecule has 0 aromatic heterocycles. The van der Waals surface area contributed by atoms with Gasteiger partial charge in [0.2, 0.25) is 11.8 Å². The maximum absolute atomic E-state index is 13.2. The van der Waals surface area contributed by atoms with Gasteiger partial charge in [-0.15, -0.1) is 0 Å². The number of hydrogen-bond acceptors (Lipinski definition) is 3. The van der Waals surface area contributed by atoms with Gasteiger partial charge < -0.3 is 15.0 Å². The molecule has 2 aromatic rings. The molecule has 136 valence electrons. The smallest absolute Gasteiger partial charge is 0.227 e. The summed E-state index contributed by atoms with van der Waals surface area (Å²) in [7, 11) is 0. The molecule has 0 spiro atoms. The standard InChI is InChI=1S/C20H21FN2O3/c1-2-26-18-8-6-17(7-9-18)23-13-15(11-19(23)24)20(25)22-12-14-4-3-5-16(21)10-14/h3-10,15H,2,11-13H2,1H3,(H,22,25)/t15-/m1/s1. The van der Waals surface area contributed by atoms with Gasteiger partial charge in [0.25, 0.3) is 0 Å². The summed E-state index contributed by atoms with van der Waals surface area (Å²) < 4.78 is 18.6. The number of carbonyl (C=O) groups excluding carboxylic acids is 2. The van der Waals surface area contributed by atoms with Gasteiger partial charge in [-0.25, -0.2) is 4.39 Å². The van der Waals surface area contributed by atoms with Gasteiger partial charge in [0.1, 0.15) is 11.6 Å². The Hall–Kier alpha value is -2.89. The number of nitrogens with one attached hydrogen (secondary N) is 1. The predicted molar refractivity (Wildman–Crippen MR) is 96.3 cm³/mol. The summed E-state index contributed by atoms with van der Waals surface area (Å²) in [6.45, 7) is 3.06. The lowest BCUT2D eigenvalue weighted by Crippen LogP contribution is -2.32. The van der Waals surface area contributed by atoms with E-state index in [9.17, 15) is 14.0 Å². The van der Waals surface area contributed by atoms with E-state index in [4.69, 9.17) is 4.74 Å². The average Bonchev–Trinajstić information content (AvgIpc) is 3.03. The third-order valence-corrected chi connectivity index (χ3v) is 4.31. The quantitative estimate of drug-likeness (QED) is 0.866. The van der Waals surface area contributed by atoms with Crippen molar-refractivity contribution in [3.05, 3.63) is 59.9 Å². The average molecular weight is 356 g/mol. The van der Waals surface area contributed by atoms with Crippen LogP contribution in [-0.4, -0.2) is 25.0 Å². The Bertz CT molecular complexity index is 792. The van der Waals surface area contributed by atoms with Crippen molar-refractivity contribution in [3.63, 3.8) is 0 Å². The molecule has 1 saturated heterocycles. The highest BCUT2D eigenvalue weighted by Crippen LogP contribution is 2.27. The van der Waals surface area contributed by atoms with Crippen LogP contribution in [0.3, 0.4) is 0 Å². The van der Waals surface area contributed by atoms with E-state index in [2.05, 4.69) is 5.32 Å². The van der Waals surface area contributed by atoms with Crippen molar-refractivity contribution in [2.45, 2.75) is 19.9 Å². The Kier molecular flexibility index (Phi) is 5.51. The van der Waals surface area contributed by atoms with E-state index >= 15 is 0 Å². The second kappa shape index (κ2) is 7.99. The van der Waals surface area contributed by atoms with Crippen LogP contribution < -0.4 is 15.0 Å². The lowest BCUT2D eigenvalue weighted by atomic mass is 10.1. The monoisotopic (exact) mass is 356 g/mol. The summed E-state index contributed by atoms with van der Waals surface area (Å²) in [5.74, 6) is -0.291. The number of benzene rings is 2. The van der Waals surface area contributed by atoms with Gasteiger partial charge in [-0.05, 0) is 48.9 Å². The first-order chi connectivity index (χ1) is 12.6. The van der Waals surface area contributed by atoms with Crippen LogP contribution in [-0.2, 0) is 16.1 Å². The van der Waals surface area contributed by atoms with Crippen molar-refractivity contribution >= 4 is 17.5 Å². The Morgan fingerprint density at radius 1 is 1.27 bits per heavy atom. The zero-order chi connectivity index (χ0) is 18.5. The number of halogens is 1. The molecule has 1 aliphatic rings. The number of carbonyl (C=O) groups is 2. The zero-order valence-electron chi connectivity index (χ0n) is 14.6. The highest BCUT2D eigenvalue weighted by atomic mass is 19.1. The number of rotatable bonds is 6. The molecule has 1 atom stereocenters. The summed E-state index contributed by atoms with van der Waals surface area (Å²) in [6, 6.07) is 13.3. The van der Waals surface area contributed by atoms with Crippen molar-refractivity contribution in [3.8, 4) is 5.75 Å². The van der Waals surface area contributed by atoms with Gasteiger partial charge in [-0.3, -0.25) is 9.59 Å². The number of anilines is 1. The van der Waals surface area contributed by atoms with Crippen molar-refractivity contribution in [2.24, 2.45) is 5.92 Å². The van der Waals surface area contributed by atoms with Crippen LogP contribution in [0.5, 0.6) is 5.75 Å². The molecule has 2 amide bonds. The van der Waals surface area contributed by atoms with Crippen LogP contribution in [0.4, 0.5) is 10.1 Å². The minimum Gasteiger partial charge on any atom is -0.494 e. The Balaban J connectivity index is 1.58. The second-order valence-electron chi connectivity index (χ2n) is 6.18. The molecule has 1 heterocycles. The SMILES string of the molecule is CCOc1ccc(N2C[C@H](C(=O)NCc3cccc(F)c3)CC2=O)cc1. The molecule has 6 heteroatoms. The van der Waals surface area contributed by atoms with E-state index in [0.29, 0.717) is 18.7 Å². The van der Waals surface area contributed by atoms with E-state index in [0.717, 1.165) is 11.4 Å². The molecule has 0 saturated carbocycles. The molecule has 0 aliphatic carbocycles. The zero-order valence-corrected chi connectivity index (χ0v) is 14.6. The van der Waals surface area contributed by atoms with E-state index in [1.165, 1.54) is 12.1 Å². The van der Waals surface area contributed by atoms with Gasteiger partial charge in [-0.2, -0.15) is 0 Å². The van der Waals surface area contributed by atoms with Gasteiger partial charge in [0, 0.05) is 25.2 Å². The molecule has 26 heavy (non-hydrogen) atoms. The largest absolute Gasteiger partial charge is 0.494 e. The van der Waals surface area contributed by atoms with Crippen molar-refractivity contribution < 1.29 is 18.7 Å². The van der Waals surface area contributed by atoms with Gasteiger partial charge in [-0.1, -0.05) is 12.1 Å². The fraction of sp³-hybridized carbons (Fsp3) is 0.300. The third kappa shape index (κ3) is 4.20. The summed E-state index contributed by atoms with van der Waals surface area (Å²) in [6.07, 6.45) is 0.169. The van der Waals surface area contributed by atoms with E-state index in [1.54, 1.807) is 17.0 Å². The number of amides is 2. The van der Waals surface area contributed by atoms with Crippen LogP contribution in [0.1, 0.15) is 18.9 Å². The van der Waals surface area contributed by atoms with Crippen LogP contribution >= 0.6 is 0 Å². The maximum Gasteiger partial charge on any atom is 0.227 e. The third-order valence-electron chi connectivity index (χ3n) is 4.31. The molecule has 1 N–H and O–H groups in total. The molecule has 0 unspecified atom stereocenters. The molecular formula is C20H21FN2O3. The fourth-order valence-corrected chi connectivity index (χ4v) is 3.00. The molecule has 5 nitrogen and oxygen atoms in total. The maximum atomic E-state index is 13.2. The molecule has 0 bridgehead atoms. The topological polar surface area (TPSA) is 58.6 Å². The van der Waals surface area contributed by atoms with E-state index < -0.39 is 5.92 Å². The highest BCUT2D eigenvalue weighted by Gasteiger charge is 2.34. The summed E-state index contributed by atoms with van der Waals surface area (Å²) in [4.78, 5) is 26.3. The van der Waals surface area contributed by atoms with Crippen LogP contribution in [0.15, 0.2) is 48.5 Å². The normalized spacial score (nSPS) is 16.6. The molecule has 1 fully saturated rings. The number of nitrogens with zero attached hydrogens (tertiary/aromatic N) is 1. The molecule has 2 aromatic carbocycles. The van der Waals surface area contributed by atoms with Crippen molar-refractivity contribution in [1.82, 2.24) is 5.32 Å². The molecule has 0 radical (unpaired) electrons. The van der Waals surface area contributed by atoms with Gasteiger partial charge in [0.05, 0.1) is 12.5 Å². The second-order valence-corrected chi connectivity index (χ2v) is 6.18. The summed E-state index contributed by atoms with van der Waals surface area (Å²) in [5.41, 5.74) is 1.44. The number of ether oxygens (including phenoxy) is 1. The number of hydrogen-bond donors (Lipinski definition) is 1. The predicted octanol–water partition coefficient (Wildman–Crippen LogP) is 2.89. The highest BCUT2D eigenvalue weighted by molar-refractivity contribution is 6.00. The Morgan fingerprint density at radius 2 is 2.04 bits per heavy atom. The minimum absolute atomic E-state index is 0.0833. The lowest BCUT2D eigenvalue weighted by molar-refractivity contribution is -0.126. The molecular weight excluding hydrogens is 335 g/mol. The van der Waals surface area contributed by atoms with Crippen molar-refractivity contribution in [2.75, 3.05) is 18.1 Å². The van der Waals surface area contributed by atoms with E-state index in [1.807, 2.05) is 31.2 Å². The van der Waals surface area contributed by atoms with Crippen LogP contribution in [0.25, 0.3) is 0 Å². The molecule has 1 aliphatic heterocycles. The summed E-state index contributed by atoms with van der Waals surface area (Å²) >= 11 is 0. The van der Waals surface area contributed by atoms with E-state index in [-0.39, 0.29) is 30.6 Å². The first-order valence-corrected chi connectivity index (χ1v) is 8.62. The fourth-order valence-electron chi connectivity index (χ4n) is 3.00. The Labute approximate surface area is 151 Å². The van der Waals surface area contributed by atoms with Crippen LogP contribution in [0.2, 0.25) is 0 Å². The summed E-state index contributed by atoms with van der Waals surface area (Å²) in [5, 5.41) is 2.78. The van der Waals surface area contributed by atoms with Crippen LogP contribution in [0, 0.1) is 11.7 Å². The van der Waals surface area contributed by atoms with Crippen molar-refractivity contribution in [1.29, 1.82) is 0 Å². The molecule has 3 rings (SSSR count). The lowest BCUT2D eigenvalue weighted by Gasteiger charge is -2.17. The van der Waals surface area contributed by atoms with Gasteiger partial charge >= 0.3 is 0 Å². The minimum atomic E-state index is -0.414. The first-order valence-electron chi connectivity index (χ1n) is 8.62. The Morgan fingerprint density at radius 3 is 2.73 bits per heavy atom. The van der Waals surface area contributed by atoms with Gasteiger partial charge in [0.15, 0.2) is 0 Å². The first kappa shape index (κ1) is 17.9.